The summed E-state index contributed by atoms with van der Waals surface area (Å²) >= 11 is 0. The van der Waals surface area contributed by atoms with Gasteiger partial charge in [-0.2, -0.15) is 0 Å². The van der Waals surface area contributed by atoms with Crippen LogP contribution < -0.4 is 5.32 Å². The molecule has 1 N–H and O–H groups in total. The van der Waals surface area contributed by atoms with E-state index in [1.54, 1.807) is 0 Å². The number of nitrogens with one attached hydrogen (secondary N) is 1. The number of hydrogen-bond donors (Lipinski definition) is 1. The highest BCUT2D eigenvalue weighted by atomic mass is 14.9. The Morgan fingerprint density at radius 2 is 1.82 bits per heavy atom. The van der Waals surface area contributed by atoms with Crippen molar-refractivity contribution >= 4 is 0 Å². The maximum Gasteiger partial charge on any atom is 0.0557 e. The first-order chi connectivity index (χ1) is 5.01. The van der Waals surface area contributed by atoms with Crippen LogP contribution in [0.2, 0.25) is 0 Å². The fourth-order valence-corrected chi connectivity index (χ4v) is 1.59. The molecule has 1 rings (SSSR count). The highest BCUT2D eigenvalue weighted by molar-refractivity contribution is 5.48. The molecule has 0 aromatic heterocycles. The monoisotopic (exact) mass is 151 g/mol. The minimum atomic E-state index is 0.105. The Labute approximate surface area is 69.2 Å². The van der Waals surface area contributed by atoms with Crippen LogP contribution in [0.3, 0.4) is 0 Å². The van der Waals surface area contributed by atoms with Gasteiger partial charge in [-0.15, -0.1) is 0 Å². The maximum atomic E-state index is 3.32. The molecular weight excluding hydrogens is 134 g/mol. The van der Waals surface area contributed by atoms with E-state index >= 15 is 0 Å². The van der Waals surface area contributed by atoms with E-state index in [0.29, 0.717) is 0 Å². The van der Waals surface area contributed by atoms with Gasteiger partial charge in [0, 0.05) is 0 Å². The van der Waals surface area contributed by atoms with Gasteiger partial charge in [-0.05, 0) is 45.9 Å². The molecule has 0 bridgehead atoms. The van der Waals surface area contributed by atoms with Crippen LogP contribution >= 0.6 is 0 Å². The summed E-state index contributed by atoms with van der Waals surface area (Å²) in [7, 11) is 2.01. The fraction of sp³-hybridized carbons (Fsp3) is 0.600. The summed E-state index contributed by atoms with van der Waals surface area (Å²) in [5.41, 5.74) is 4.38. The molecule has 0 saturated heterocycles. The van der Waals surface area contributed by atoms with Crippen LogP contribution in [0.5, 0.6) is 0 Å². The summed E-state index contributed by atoms with van der Waals surface area (Å²) in [6.45, 7) is 8.76. The van der Waals surface area contributed by atoms with E-state index in [1.807, 2.05) is 7.05 Å². The van der Waals surface area contributed by atoms with E-state index in [-0.39, 0.29) is 5.54 Å². The first-order valence-corrected chi connectivity index (χ1v) is 4.08. The van der Waals surface area contributed by atoms with Gasteiger partial charge >= 0.3 is 0 Å². The minimum Gasteiger partial charge on any atom is -0.308 e. The summed E-state index contributed by atoms with van der Waals surface area (Å²) in [6.07, 6.45) is 2.29. The molecule has 11 heavy (non-hydrogen) atoms. The van der Waals surface area contributed by atoms with E-state index in [2.05, 4.69) is 39.1 Å². The van der Waals surface area contributed by atoms with Crippen molar-refractivity contribution in [2.45, 2.75) is 33.2 Å². The standard InChI is InChI=1S/C10H17N/c1-7-6-10(4,11-5)9(3)8(7)2/h6,11H,1-5H3. The van der Waals surface area contributed by atoms with Crippen molar-refractivity contribution in [2.24, 2.45) is 0 Å². The van der Waals surface area contributed by atoms with E-state index < -0.39 is 0 Å². The summed E-state index contributed by atoms with van der Waals surface area (Å²) in [5.74, 6) is 0. The molecule has 1 aliphatic rings. The lowest BCUT2D eigenvalue weighted by molar-refractivity contribution is 0.561. The first-order valence-electron chi connectivity index (χ1n) is 4.08. The van der Waals surface area contributed by atoms with Crippen LogP contribution in [-0.4, -0.2) is 12.6 Å². The third-order valence-corrected chi connectivity index (χ3v) is 2.96. The predicted molar refractivity (Wildman–Crippen MR) is 49.6 cm³/mol. The number of likely N-dealkylation sites (N-methyl/N-ethyl adjacent to an activating group) is 1. The fourth-order valence-electron chi connectivity index (χ4n) is 1.59. The molecule has 0 spiro atoms. The molecule has 0 aromatic carbocycles. The molecule has 0 amide bonds. The van der Waals surface area contributed by atoms with Gasteiger partial charge in [0.05, 0.1) is 5.54 Å². The molecule has 1 unspecified atom stereocenters. The lowest BCUT2D eigenvalue weighted by Gasteiger charge is -2.23. The zero-order valence-corrected chi connectivity index (χ0v) is 8.08. The SMILES string of the molecule is CNC1(C)C=C(C)C(C)=C1C. The molecule has 0 aromatic rings. The van der Waals surface area contributed by atoms with Crippen molar-refractivity contribution in [3.8, 4) is 0 Å². The van der Waals surface area contributed by atoms with Crippen LogP contribution in [0.4, 0.5) is 0 Å². The zero-order valence-electron chi connectivity index (χ0n) is 8.08. The Bertz CT molecular complexity index is 235. The van der Waals surface area contributed by atoms with E-state index in [4.69, 9.17) is 0 Å². The van der Waals surface area contributed by atoms with Gasteiger partial charge in [0.15, 0.2) is 0 Å². The summed E-state index contributed by atoms with van der Waals surface area (Å²) in [6, 6.07) is 0. The van der Waals surface area contributed by atoms with Gasteiger partial charge in [0.1, 0.15) is 0 Å². The molecule has 0 saturated carbocycles. The van der Waals surface area contributed by atoms with E-state index in [9.17, 15) is 0 Å². The molecule has 1 nitrogen and oxygen atoms in total. The Kier molecular flexibility index (Phi) is 1.93. The minimum absolute atomic E-state index is 0.105. The quantitative estimate of drug-likeness (QED) is 0.606. The smallest absolute Gasteiger partial charge is 0.0557 e. The average molecular weight is 151 g/mol. The van der Waals surface area contributed by atoms with Gasteiger partial charge < -0.3 is 5.32 Å². The van der Waals surface area contributed by atoms with Crippen molar-refractivity contribution in [3.05, 3.63) is 22.8 Å². The average Bonchev–Trinajstić information content (AvgIpc) is 2.17. The molecule has 0 heterocycles. The predicted octanol–water partition coefficient (Wildman–Crippen LogP) is 2.26. The highest BCUT2D eigenvalue weighted by Crippen LogP contribution is 2.32. The Morgan fingerprint density at radius 1 is 1.27 bits per heavy atom. The third-order valence-electron chi connectivity index (χ3n) is 2.96. The van der Waals surface area contributed by atoms with Crippen molar-refractivity contribution in [1.82, 2.24) is 5.32 Å². The van der Waals surface area contributed by atoms with Crippen LogP contribution in [0, 0.1) is 0 Å². The highest BCUT2D eigenvalue weighted by Gasteiger charge is 2.28. The summed E-state index contributed by atoms with van der Waals surface area (Å²) < 4.78 is 0. The Hall–Kier alpha value is -0.560. The molecule has 0 aliphatic heterocycles. The van der Waals surface area contributed by atoms with Gasteiger partial charge in [0.25, 0.3) is 0 Å². The second-order valence-electron chi connectivity index (χ2n) is 3.53. The van der Waals surface area contributed by atoms with Gasteiger partial charge in [-0.25, -0.2) is 0 Å². The molecule has 62 valence electrons. The molecular formula is C10H17N. The van der Waals surface area contributed by atoms with Crippen LogP contribution in [0.25, 0.3) is 0 Å². The van der Waals surface area contributed by atoms with Crippen molar-refractivity contribution in [3.63, 3.8) is 0 Å². The topological polar surface area (TPSA) is 12.0 Å². The molecule has 0 fully saturated rings. The van der Waals surface area contributed by atoms with E-state index in [1.165, 1.54) is 16.7 Å². The van der Waals surface area contributed by atoms with Crippen LogP contribution in [0.1, 0.15) is 27.7 Å². The van der Waals surface area contributed by atoms with E-state index in [0.717, 1.165) is 0 Å². The van der Waals surface area contributed by atoms with Gasteiger partial charge in [-0.1, -0.05) is 11.6 Å². The largest absolute Gasteiger partial charge is 0.308 e. The van der Waals surface area contributed by atoms with Crippen molar-refractivity contribution < 1.29 is 0 Å². The second-order valence-corrected chi connectivity index (χ2v) is 3.53. The maximum absolute atomic E-state index is 3.32. The number of hydrogen-bond acceptors (Lipinski definition) is 1. The first kappa shape index (κ1) is 8.54. The molecule has 1 aliphatic carbocycles. The number of allylic oxidation sites excluding steroid dienone is 2. The van der Waals surface area contributed by atoms with Crippen LogP contribution in [-0.2, 0) is 0 Å². The van der Waals surface area contributed by atoms with Crippen molar-refractivity contribution in [2.75, 3.05) is 7.05 Å². The summed E-state index contributed by atoms with van der Waals surface area (Å²) in [4.78, 5) is 0. The van der Waals surface area contributed by atoms with Gasteiger partial charge in [0.2, 0.25) is 0 Å². The molecule has 0 radical (unpaired) electrons. The lowest BCUT2D eigenvalue weighted by atomic mass is 9.96. The Balaban J connectivity index is 3.09. The normalized spacial score (nSPS) is 31.2. The number of rotatable bonds is 1. The third kappa shape index (κ3) is 1.14. The van der Waals surface area contributed by atoms with Crippen molar-refractivity contribution in [1.29, 1.82) is 0 Å². The van der Waals surface area contributed by atoms with Crippen LogP contribution in [0.15, 0.2) is 22.8 Å². The Morgan fingerprint density at radius 3 is 2.00 bits per heavy atom. The van der Waals surface area contributed by atoms with Gasteiger partial charge in [-0.3, -0.25) is 0 Å². The zero-order chi connectivity index (χ0) is 8.65. The lowest BCUT2D eigenvalue weighted by Crippen LogP contribution is -2.37. The summed E-state index contributed by atoms with van der Waals surface area (Å²) in [5, 5.41) is 3.32. The second kappa shape index (κ2) is 2.49. The molecule has 1 atom stereocenters. The molecule has 1 heteroatoms.